The molecular formula is C11H18N4O4. The second kappa shape index (κ2) is 6.28. The molecule has 1 rings (SSSR count). The van der Waals surface area contributed by atoms with Crippen molar-refractivity contribution in [3.05, 3.63) is 5.89 Å². The average molecular weight is 270 g/mol. The molecule has 0 aliphatic heterocycles. The van der Waals surface area contributed by atoms with Crippen molar-refractivity contribution in [3.63, 3.8) is 0 Å². The summed E-state index contributed by atoms with van der Waals surface area (Å²) in [5.74, 6) is -0.889. The van der Waals surface area contributed by atoms with Crippen molar-refractivity contribution in [2.45, 2.75) is 32.7 Å². The topological polar surface area (TPSA) is 109 Å². The maximum Gasteiger partial charge on any atom is 0.322 e. The van der Waals surface area contributed by atoms with Gasteiger partial charge in [0.1, 0.15) is 6.04 Å². The van der Waals surface area contributed by atoms with Gasteiger partial charge < -0.3 is 9.52 Å². The minimum Gasteiger partial charge on any atom is -0.480 e. The zero-order valence-electron chi connectivity index (χ0n) is 11.4. The Kier molecular flexibility index (Phi) is 4.99. The van der Waals surface area contributed by atoms with Crippen molar-refractivity contribution >= 4 is 17.9 Å². The number of anilines is 1. The molecule has 0 saturated carbocycles. The molecule has 0 aromatic carbocycles. The second-order valence-corrected chi connectivity index (χ2v) is 4.58. The van der Waals surface area contributed by atoms with Gasteiger partial charge in [0.05, 0.1) is 6.54 Å². The lowest BCUT2D eigenvalue weighted by molar-refractivity contribution is -0.142. The Morgan fingerprint density at radius 3 is 2.47 bits per heavy atom. The molecule has 0 aliphatic carbocycles. The van der Waals surface area contributed by atoms with E-state index < -0.39 is 17.9 Å². The summed E-state index contributed by atoms with van der Waals surface area (Å²) in [4.78, 5) is 23.8. The number of nitrogens with zero attached hydrogens (tertiary/aromatic N) is 3. The number of carboxylic acids is 1. The van der Waals surface area contributed by atoms with Crippen LogP contribution in [0.2, 0.25) is 0 Å². The molecule has 1 heterocycles. The van der Waals surface area contributed by atoms with Gasteiger partial charge in [0, 0.05) is 5.92 Å². The first-order valence-corrected chi connectivity index (χ1v) is 5.87. The van der Waals surface area contributed by atoms with E-state index in [1.165, 1.54) is 11.8 Å². The minimum absolute atomic E-state index is 0.0186. The number of nitrogens with one attached hydrogen (secondary N) is 1. The van der Waals surface area contributed by atoms with Crippen molar-refractivity contribution in [2.75, 3.05) is 18.9 Å². The summed E-state index contributed by atoms with van der Waals surface area (Å²) in [6.45, 7) is 5.20. The van der Waals surface area contributed by atoms with Gasteiger partial charge in [-0.1, -0.05) is 18.9 Å². The molecular weight excluding hydrogens is 252 g/mol. The van der Waals surface area contributed by atoms with Gasteiger partial charge in [0.2, 0.25) is 11.8 Å². The molecule has 0 aliphatic rings. The normalized spacial score (nSPS) is 12.7. The van der Waals surface area contributed by atoms with Crippen LogP contribution in [0.25, 0.3) is 0 Å². The lowest BCUT2D eigenvalue weighted by atomic mass is 10.2. The Morgan fingerprint density at radius 2 is 2.00 bits per heavy atom. The van der Waals surface area contributed by atoms with Gasteiger partial charge in [-0.25, -0.2) is 0 Å². The van der Waals surface area contributed by atoms with Gasteiger partial charge in [-0.2, -0.15) is 0 Å². The molecule has 0 spiro atoms. The van der Waals surface area contributed by atoms with Gasteiger partial charge in [-0.15, -0.1) is 5.10 Å². The highest BCUT2D eigenvalue weighted by molar-refractivity contribution is 5.90. The number of amides is 1. The fourth-order valence-corrected chi connectivity index (χ4v) is 1.23. The van der Waals surface area contributed by atoms with Crippen molar-refractivity contribution < 1.29 is 19.1 Å². The number of aliphatic carboxylic acids is 1. The first-order valence-electron chi connectivity index (χ1n) is 5.87. The van der Waals surface area contributed by atoms with E-state index in [4.69, 9.17) is 9.52 Å². The van der Waals surface area contributed by atoms with Gasteiger partial charge >= 0.3 is 12.0 Å². The smallest absolute Gasteiger partial charge is 0.322 e. The van der Waals surface area contributed by atoms with Gasteiger partial charge in [0.25, 0.3) is 0 Å². The van der Waals surface area contributed by atoms with Crippen molar-refractivity contribution in [3.8, 4) is 0 Å². The highest BCUT2D eigenvalue weighted by atomic mass is 16.4. The van der Waals surface area contributed by atoms with E-state index in [2.05, 4.69) is 15.5 Å². The molecule has 2 N–H and O–H groups in total. The monoisotopic (exact) mass is 270 g/mol. The van der Waals surface area contributed by atoms with E-state index >= 15 is 0 Å². The first kappa shape index (κ1) is 15.1. The molecule has 0 fully saturated rings. The van der Waals surface area contributed by atoms with Crippen LogP contribution in [-0.4, -0.2) is 51.7 Å². The summed E-state index contributed by atoms with van der Waals surface area (Å²) in [5, 5.41) is 18.7. The summed E-state index contributed by atoms with van der Waals surface area (Å²) in [6.07, 6.45) is 0. The van der Waals surface area contributed by atoms with Gasteiger partial charge in [-0.05, 0) is 14.0 Å². The van der Waals surface area contributed by atoms with Gasteiger partial charge in [0.15, 0.2) is 0 Å². The number of carbonyl (C=O) groups excluding carboxylic acids is 1. The van der Waals surface area contributed by atoms with Crippen LogP contribution >= 0.6 is 0 Å². The minimum atomic E-state index is -0.991. The highest BCUT2D eigenvalue weighted by Gasteiger charge is 2.20. The van der Waals surface area contributed by atoms with Crippen LogP contribution in [0.1, 0.15) is 32.6 Å². The van der Waals surface area contributed by atoms with Crippen molar-refractivity contribution in [1.29, 1.82) is 0 Å². The molecule has 8 heteroatoms. The number of hydrogen-bond donors (Lipinski definition) is 2. The Labute approximate surface area is 110 Å². The predicted molar refractivity (Wildman–Crippen MR) is 66.7 cm³/mol. The zero-order chi connectivity index (χ0) is 14.6. The Hall–Kier alpha value is -1.96. The molecule has 1 aromatic heterocycles. The average Bonchev–Trinajstić information content (AvgIpc) is 2.76. The molecule has 0 bridgehead atoms. The van der Waals surface area contributed by atoms with Crippen LogP contribution in [0.4, 0.5) is 6.01 Å². The third-order valence-electron chi connectivity index (χ3n) is 2.59. The molecule has 19 heavy (non-hydrogen) atoms. The van der Waals surface area contributed by atoms with Crippen LogP contribution in [0, 0.1) is 0 Å². The number of hydrogen-bond acceptors (Lipinski definition) is 6. The SMILES string of the molecule is CC(C)c1nnc(NC(=O)CN(C)C(C)C(=O)O)o1. The summed E-state index contributed by atoms with van der Waals surface area (Å²) < 4.78 is 5.22. The maximum atomic E-state index is 11.7. The van der Waals surface area contributed by atoms with Crippen LogP contribution in [0.5, 0.6) is 0 Å². The quantitative estimate of drug-likeness (QED) is 0.776. The fraction of sp³-hybridized carbons (Fsp3) is 0.636. The maximum absolute atomic E-state index is 11.7. The molecule has 0 saturated heterocycles. The fourth-order valence-electron chi connectivity index (χ4n) is 1.23. The highest BCUT2D eigenvalue weighted by Crippen LogP contribution is 2.14. The van der Waals surface area contributed by atoms with Crippen LogP contribution in [0.15, 0.2) is 4.42 Å². The molecule has 8 nitrogen and oxygen atoms in total. The largest absolute Gasteiger partial charge is 0.480 e. The summed E-state index contributed by atoms with van der Waals surface area (Å²) in [7, 11) is 1.55. The third kappa shape index (κ3) is 4.32. The number of carboxylic acid groups (broad SMARTS) is 1. The number of rotatable bonds is 6. The van der Waals surface area contributed by atoms with Crippen LogP contribution in [0.3, 0.4) is 0 Å². The van der Waals surface area contributed by atoms with E-state index in [9.17, 15) is 9.59 Å². The Morgan fingerprint density at radius 1 is 1.37 bits per heavy atom. The molecule has 1 atom stereocenters. The third-order valence-corrected chi connectivity index (χ3v) is 2.59. The second-order valence-electron chi connectivity index (χ2n) is 4.58. The summed E-state index contributed by atoms with van der Waals surface area (Å²) in [5.41, 5.74) is 0. The standard InChI is InChI=1S/C11H18N4O4/c1-6(2)9-13-14-11(19-9)12-8(16)5-15(4)7(3)10(17)18/h6-7H,5H2,1-4H3,(H,17,18)(H,12,14,16). The van der Waals surface area contributed by atoms with Crippen LogP contribution < -0.4 is 5.32 Å². The Balaban J connectivity index is 2.53. The predicted octanol–water partition coefficient (Wildman–Crippen LogP) is 0.536. The van der Waals surface area contributed by atoms with E-state index in [-0.39, 0.29) is 18.5 Å². The van der Waals surface area contributed by atoms with E-state index in [1.54, 1.807) is 7.05 Å². The zero-order valence-corrected chi connectivity index (χ0v) is 11.4. The van der Waals surface area contributed by atoms with Crippen molar-refractivity contribution in [1.82, 2.24) is 15.1 Å². The lowest BCUT2D eigenvalue weighted by Crippen LogP contribution is -2.40. The van der Waals surface area contributed by atoms with Gasteiger partial charge in [-0.3, -0.25) is 19.8 Å². The lowest BCUT2D eigenvalue weighted by Gasteiger charge is -2.19. The first-order chi connectivity index (χ1) is 8.81. The summed E-state index contributed by atoms with van der Waals surface area (Å²) in [6, 6.07) is -0.732. The number of aromatic nitrogens is 2. The summed E-state index contributed by atoms with van der Waals surface area (Å²) >= 11 is 0. The molecule has 0 radical (unpaired) electrons. The number of carbonyl (C=O) groups is 2. The van der Waals surface area contributed by atoms with E-state index in [0.717, 1.165) is 0 Å². The molecule has 106 valence electrons. The van der Waals surface area contributed by atoms with Crippen molar-refractivity contribution in [2.24, 2.45) is 0 Å². The molecule has 1 amide bonds. The van der Waals surface area contributed by atoms with E-state index in [1.807, 2.05) is 13.8 Å². The molecule has 1 aromatic rings. The molecule has 1 unspecified atom stereocenters. The van der Waals surface area contributed by atoms with Crippen LogP contribution in [-0.2, 0) is 9.59 Å². The Bertz CT molecular complexity index is 457. The number of likely N-dealkylation sites (N-methyl/N-ethyl adjacent to an activating group) is 1. The van der Waals surface area contributed by atoms with E-state index in [0.29, 0.717) is 5.89 Å².